The van der Waals surface area contributed by atoms with Gasteiger partial charge in [0.1, 0.15) is 21.7 Å². The molecular formula is C29H30N2O7S. The van der Waals surface area contributed by atoms with E-state index in [-0.39, 0.29) is 28.2 Å². The second-order valence-electron chi connectivity index (χ2n) is 8.70. The van der Waals surface area contributed by atoms with Crippen LogP contribution in [0.3, 0.4) is 0 Å². The molecule has 0 fully saturated rings. The van der Waals surface area contributed by atoms with E-state index in [0.717, 1.165) is 18.2 Å². The number of fused-ring (bicyclic) bond motifs is 1. The lowest BCUT2D eigenvalue weighted by Crippen LogP contribution is -2.42. The van der Waals surface area contributed by atoms with Gasteiger partial charge in [0.15, 0.2) is 5.69 Å². The molecule has 9 nitrogen and oxygen atoms in total. The normalized spacial score (nSPS) is 15.1. The Balaban J connectivity index is 2.04. The Hall–Kier alpha value is -4.18. The lowest BCUT2D eigenvalue weighted by atomic mass is 10.1. The highest BCUT2D eigenvalue weighted by Crippen LogP contribution is 2.40. The fourth-order valence-corrected chi connectivity index (χ4v) is 5.49. The van der Waals surface area contributed by atoms with Crippen molar-refractivity contribution in [2.45, 2.75) is 25.0 Å². The van der Waals surface area contributed by atoms with Crippen molar-refractivity contribution in [3.63, 3.8) is 0 Å². The van der Waals surface area contributed by atoms with E-state index < -0.39 is 23.1 Å². The molecule has 2 N–H and O–H groups in total. The number of carbonyl (C=O) groups excluding carboxylic acids is 3. The average Bonchev–Trinajstić information content (AvgIpc) is 3.25. The first kappa shape index (κ1) is 27.8. The highest BCUT2D eigenvalue weighted by molar-refractivity contribution is 8.10. The Bertz CT molecular complexity index is 1540. The summed E-state index contributed by atoms with van der Waals surface area (Å²) in [6.07, 6.45) is 3.17. The second-order valence-corrected chi connectivity index (χ2v) is 9.82. The monoisotopic (exact) mass is 550 g/mol. The molecule has 0 saturated carbocycles. The molecule has 1 aliphatic rings. The van der Waals surface area contributed by atoms with Gasteiger partial charge in [0.2, 0.25) is 5.91 Å². The summed E-state index contributed by atoms with van der Waals surface area (Å²) in [5.41, 5.74) is 7.75. The molecule has 1 atom stereocenters. The number of ether oxygens (including phenoxy) is 4. The van der Waals surface area contributed by atoms with Gasteiger partial charge in [0.25, 0.3) is 0 Å². The van der Waals surface area contributed by atoms with Gasteiger partial charge in [0.05, 0.1) is 39.0 Å². The number of methoxy groups -OCH3 is 3. The highest BCUT2D eigenvalue weighted by Gasteiger charge is 2.38. The maximum absolute atomic E-state index is 14.1. The zero-order chi connectivity index (χ0) is 28.1. The number of nitrogens with zero attached hydrogens (tertiary/aromatic N) is 1. The molecule has 1 aliphatic heterocycles. The topological polar surface area (TPSA) is 119 Å². The van der Waals surface area contributed by atoms with Gasteiger partial charge >= 0.3 is 11.9 Å². The van der Waals surface area contributed by atoms with Gasteiger partial charge in [-0.15, -0.1) is 0 Å². The number of unbranched alkanes of at least 4 members (excludes halogenated alkanes) is 1. The van der Waals surface area contributed by atoms with Crippen molar-refractivity contribution < 1.29 is 33.3 Å². The Morgan fingerprint density at radius 1 is 1.03 bits per heavy atom. The summed E-state index contributed by atoms with van der Waals surface area (Å²) in [6, 6.07) is 14.2. The van der Waals surface area contributed by atoms with Gasteiger partial charge in [-0.05, 0) is 47.9 Å². The third-order valence-corrected chi connectivity index (χ3v) is 7.54. The van der Waals surface area contributed by atoms with E-state index in [1.165, 1.54) is 18.8 Å². The van der Waals surface area contributed by atoms with E-state index in [9.17, 15) is 14.4 Å². The van der Waals surface area contributed by atoms with E-state index in [0.29, 0.717) is 34.3 Å². The van der Waals surface area contributed by atoms with Gasteiger partial charge < -0.3 is 24.7 Å². The molecule has 10 heteroatoms. The molecule has 204 valence electrons. The summed E-state index contributed by atoms with van der Waals surface area (Å²) in [6.45, 7) is 2.14. The lowest BCUT2D eigenvalue weighted by Gasteiger charge is -2.23. The van der Waals surface area contributed by atoms with Crippen LogP contribution in [0.5, 0.6) is 11.5 Å². The maximum Gasteiger partial charge on any atom is 0.357 e. The van der Waals surface area contributed by atoms with Crippen LogP contribution in [-0.4, -0.2) is 50.3 Å². The first-order valence-corrected chi connectivity index (χ1v) is 13.2. The first-order chi connectivity index (χ1) is 18.8. The number of nitrogen functional groups attached to an aromatic ring is 1. The summed E-state index contributed by atoms with van der Waals surface area (Å²) in [5, 5.41) is -0.366. The van der Waals surface area contributed by atoms with Crippen molar-refractivity contribution in [3.05, 3.63) is 75.9 Å². The van der Waals surface area contributed by atoms with E-state index in [1.807, 2.05) is 13.0 Å². The molecule has 2 heterocycles. The van der Waals surface area contributed by atoms with E-state index in [2.05, 4.69) is 0 Å². The van der Waals surface area contributed by atoms with Crippen LogP contribution in [0.2, 0.25) is 0 Å². The predicted molar refractivity (Wildman–Crippen MR) is 149 cm³/mol. The molecule has 0 radical (unpaired) electrons. The molecule has 0 amide bonds. The number of hydrogen-bond donors (Lipinski definition) is 1. The molecular weight excluding hydrogens is 520 g/mol. The van der Waals surface area contributed by atoms with Crippen LogP contribution < -0.4 is 25.8 Å². The number of esters is 2. The standard InChI is InChI=1S/C29H30N2O7S/c1-5-6-13-38-28(33)24-22(30)21(15-17-9-7-11-19(14-17)35-2)23-26(29(34)37-4)39-25(27(32)31(23)24)18-10-8-12-20(16-18)36-3/h7-12,14-16,25H,5-6,13,30H2,1-4H3/b21-15+/t25-/m1/s1. The van der Waals surface area contributed by atoms with Crippen LogP contribution in [0.15, 0.2) is 48.5 Å². The largest absolute Gasteiger partial charge is 0.497 e. The van der Waals surface area contributed by atoms with E-state index in [4.69, 9.17) is 24.7 Å². The summed E-state index contributed by atoms with van der Waals surface area (Å²) >= 11 is 1.04. The number of nitrogens with two attached hydrogens (primary N) is 1. The molecule has 4 rings (SSSR count). The first-order valence-electron chi connectivity index (χ1n) is 12.3. The smallest absolute Gasteiger partial charge is 0.357 e. The minimum Gasteiger partial charge on any atom is -0.497 e. The SMILES string of the molecule is CCCCOC(=O)c1c(N)/c(=C\c2cccc(OC)c2)c2n1C(=O)[C@@H](c1cccc(OC)c1)SC=2C(=O)OC. The average molecular weight is 551 g/mol. The van der Waals surface area contributed by atoms with Crippen LogP contribution in [0, 0.1) is 0 Å². The zero-order valence-electron chi connectivity index (χ0n) is 22.2. The minimum absolute atomic E-state index is 0.0240. The number of aromatic nitrogens is 1. The van der Waals surface area contributed by atoms with Crippen LogP contribution in [0.25, 0.3) is 11.0 Å². The number of rotatable bonds is 9. The number of carbonyl (C=O) groups is 3. The van der Waals surface area contributed by atoms with Gasteiger partial charge in [-0.2, -0.15) is 0 Å². The van der Waals surface area contributed by atoms with E-state index in [1.54, 1.807) is 55.7 Å². The minimum atomic E-state index is -0.875. The molecule has 3 aromatic rings. The van der Waals surface area contributed by atoms with Crippen molar-refractivity contribution in [2.75, 3.05) is 33.7 Å². The van der Waals surface area contributed by atoms with Crippen LogP contribution in [0.1, 0.15) is 51.4 Å². The van der Waals surface area contributed by atoms with Gasteiger partial charge in [-0.1, -0.05) is 49.4 Å². The van der Waals surface area contributed by atoms with Crippen molar-refractivity contribution >= 4 is 46.3 Å². The Kier molecular flexibility index (Phi) is 8.65. The quantitative estimate of drug-likeness (QED) is 0.316. The molecule has 1 aromatic heterocycles. The fraction of sp³-hybridized carbons (Fsp3) is 0.276. The second kappa shape index (κ2) is 12.1. The number of anilines is 1. The number of thioether (sulfide) groups is 1. The van der Waals surface area contributed by atoms with Gasteiger partial charge in [0, 0.05) is 5.22 Å². The Labute approximate surface area is 230 Å². The fourth-order valence-electron chi connectivity index (χ4n) is 4.27. The summed E-state index contributed by atoms with van der Waals surface area (Å²) < 4.78 is 22.5. The maximum atomic E-state index is 14.1. The Morgan fingerprint density at radius 3 is 2.38 bits per heavy atom. The molecule has 0 saturated heterocycles. The summed E-state index contributed by atoms with van der Waals surface area (Å²) in [4.78, 5) is 40.7. The van der Waals surface area contributed by atoms with Crippen molar-refractivity contribution in [3.8, 4) is 11.5 Å². The van der Waals surface area contributed by atoms with Gasteiger partial charge in [-0.3, -0.25) is 9.36 Å². The van der Waals surface area contributed by atoms with Crippen molar-refractivity contribution in [1.82, 2.24) is 4.57 Å². The highest BCUT2D eigenvalue weighted by atomic mass is 32.2. The molecule has 39 heavy (non-hydrogen) atoms. The van der Waals surface area contributed by atoms with Crippen molar-refractivity contribution in [2.24, 2.45) is 0 Å². The van der Waals surface area contributed by atoms with Crippen molar-refractivity contribution in [1.29, 1.82) is 0 Å². The molecule has 0 bridgehead atoms. The molecule has 0 unspecified atom stereocenters. The lowest BCUT2D eigenvalue weighted by molar-refractivity contribution is -0.133. The van der Waals surface area contributed by atoms with Crippen LogP contribution >= 0.6 is 11.8 Å². The third-order valence-electron chi connectivity index (χ3n) is 6.24. The third kappa shape index (κ3) is 5.51. The molecule has 0 aliphatic carbocycles. The zero-order valence-corrected chi connectivity index (χ0v) is 23.0. The van der Waals surface area contributed by atoms with Gasteiger partial charge in [-0.25, -0.2) is 9.59 Å². The van der Waals surface area contributed by atoms with E-state index >= 15 is 0 Å². The van der Waals surface area contributed by atoms with Crippen LogP contribution in [-0.2, 0) is 14.3 Å². The molecule has 2 aromatic carbocycles. The summed E-state index contributed by atoms with van der Waals surface area (Å²) in [7, 11) is 4.33. The molecule has 0 spiro atoms. The van der Waals surface area contributed by atoms with Crippen LogP contribution in [0.4, 0.5) is 5.69 Å². The predicted octanol–water partition coefficient (Wildman–Crippen LogP) is 3.28. The number of benzene rings is 2. The Morgan fingerprint density at radius 2 is 1.72 bits per heavy atom. The summed E-state index contributed by atoms with van der Waals surface area (Å²) in [5.74, 6) is -0.707. The number of hydrogen-bond acceptors (Lipinski definition) is 9.